The SMILES string of the molecule is CC(C)c1ccccc1CNC(=O)COc1ccc(Cl)cc1Cl. The zero-order valence-corrected chi connectivity index (χ0v) is 14.6. The van der Waals surface area contributed by atoms with E-state index in [1.54, 1.807) is 18.2 Å². The van der Waals surface area contributed by atoms with Crippen LogP contribution in [0.2, 0.25) is 10.0 Å². The highest BCUT2D eigenvalue weighted by atomic mass is 35.5. The standard InChI is InChI=1S/C18H19Cl2NO2/c1-12(2)15-6-4-3-5-13(15)10-21-18(22)11-23-17-8-7-14(19)9-16(17)20/h3-9,12H,10-11H2,1-2H3,(H,21,22). The normalized spacial score (nSPS) is 10.7. The van der Waals surface area contributed by atoms with Crippen LogP contribution in [0.5, 0.6) is 5.75 Å². The number of carbonyl (C=O) groups excluding carboxylic acids is 1. The number of hydrogen-bond donors (Lipinski definition) is 1. The predicted octanol–water partition coefficient (Wildman–Crippen LogP) is 4.81. The number of benzene rings is 2. The molecule has 0 unspecified atom stereocenters. The Hall–Kier alpha value is -1.71. The Morgan fingerprint density at radius 3 is 2.61 bits per heavy atom. The molecule has 1 amide bonds. The zero-order chi connectivity index (χ0) is 16.8. The van der Waals surface area contributed by atoms with Crippen molar-refractivity contribution in [2.24, 2.45) is 0 Å². The zero-order valence-electron chi connectivity index (χ0n) is 13.1. The third-order valence-electron chi connectivity index (χ3n) is 3.41. The lowest BCUT2D eigenvalue weighted by atomic mass is 9.97. The quantitative estimate of drug-likeness (QED) is 0.810. The average molecular weight is 352 g/mol. The molecule has 2 aromatic rings. The predicted molar refractivity (Wildman–Crippen MR) is 94.3 cm³/mol. The van der Waals surface area contributed by atoms with Crippen molar-refractivity contribution in [3.8, 4) is 5.75 Å². The minimum atomic E-state index is -0.199. The van der Waals surface area contributed by atoms with Gasteiger partial charge in [0.15, 0.2) is 6.61 Å². The summed E-state index contributed by atoms with van der Waals surface area (Å²) in [5.74, 6) is 0.649. The van der Waals surface area contributed by atoms with Gasteiger partial charge in [-0.05, 0) is 35.2 Å². The Morgan fingerprint density at radius 1 is 1.17 bits per heavy atom. The van der Waals surface area contributed by atoms with Gasteiger partial charge in [-0.25, -0.2) is 0 Å². The lowest BCUT2D eigenvalue weighted by Crippen LogP contribution is -2.28. The number of nitrogens with one attached hydrogen (secondary N) is 1. The molecule has 0 spiro atoms. The van der Waals surface area contributed by atoms with Crippen molar-refractivity contribution in [3.63, 3.8) is 0 Å². The van der Waals surface area contributed by atoms with Crippen LogP contribution in [0, 0.1) is 0 Å². The number of hydrogen-bond acceptors (Lipinski definition) is 2. The molecule has 2 aromatic carbocycles. The van der Waals surface area contributed by atoms with Crippen LogP contribution in [-0.2, 0) is 11.3 Å². The summed E-state index contributed by atoms with van der Waals surface area (Å²) in [4.78, 5) is 11.9. The van der Waals surface area contributed by atoms with Crippen LogP contribution in [0.3, 0.4) is 0 Å². The summed E-state index contributed by atoms with van der Waals surface area (Å²) in [6, 6.07) is 13.0. The van der Waals surface area contributed by atoms with E-state index >= 15 is 0 Å². The van der Waals surface area contributed by atoms with Crippen molar-refractivity contribution in [1.29, 1.82) is 0 Å². The second-order valence-corrected chi connectivity index (χ2v) is 6.34. The number of ether oxygens (including phenoxy) is 1. The maximum atomic E-state index is 11.9. The molecule has 0 aliphatic carbocycles. The fraction of sp³-hybridized carbons (Fsp3) is 0.278. The minimum Gasteiger partial charge on any atom is -0.482 e. The molecule has 0 aliphatic rings. The van der Waals surface area contributed by atoms with Gasteiger partial charge in [0.25, 0.3) is 5.91 Å². The number of amides is 1. The van der Waals surface area contributed by atoms with Gasteiger partial charge in [-0.3, -0.25) is 4.79 Å². The van der Waals surface area contributed by atoms with Crippen LogP contribution in [0.4, 0.5) is 0 Å². The summed E-state index contributed by atoms with van der Waals surface area (Å²) in [5, 5.41) is 3.77. The van der Waals surface area contributed by atoms with Crippen LogP contribution in [0.25, 0.3) is 0 Å². The van der Waals surface area contributed by atoms with Crippen LogP contribution in [0.1, 0.15) is 30.9 Å². The number of rotatable bonds is 6. The molecule has 5 heteroatoms. The van der Waals surface area contributed by atoms with E-state index in [4.69, 9.17) is 27.9 Å². The molecule has 23 heavy (non-hydrogen) atoms. The molecule has 0 atom stereocenters. The van der Waals surface area contributed by atoms with E-state index in [1.807, 2.05) is 18.2 Å². The van der Waals surface area contributed by atoms with Crippen molar-refractivity contribution in [3.05, 3.63) is 63.6 Å². The minimum absolute atomic E-state index is 0.0921. The Bertz CT molecular complexity index is 686. The molecular formula is C18H19Cl2NO2. The molecule has 0 aromatic heterocycles. The van der Waals surface area contributed by atoms with E-state index < -0.39 is 0 Å². The van der Waals surface area contributed by atoms with Gasteiger partial charge >= 0.3 is 0 Å². The lowest BCUT2D eigenvalue weighted by molar-refractivity contribution is -0.123. The number of carbonyl (C=O) groups is 1. The Morgan fingerprint density at radius 2 is 1.91 bits per heavy atom. The van der Waals surface area contributed by atoms with Gasteiger partial charge in [0.05, 0.1) is 5.02 Å². The van der Waals surface area contributed by atoms with Crippen LogP contribution in [0.15, 0.2) is 42.5 Å². The highest BCUT2D eigenvalue weighted by Gasteiger charge is 2.09. The fourth-order valence-corrected chi connectivity index (χ4v) is 2.70. The highest BCUT2D eigenvalue weighted by molar-refractivity contribution is 6.35. The van der Waals surface area contributed by atoms with E-state index in [9.17, 15) is 4.79 Å². The largest absolute Gasteiger partial charge is 0.482 e. The van der Waals surface area contributed by atoms with Crippen molar-refractivity contribution in [1.82, 2.24) is 5.32 Å². The van der Waals surface area contributed by atoms with Gasteiger partial charge in [0.2, 0.25) is 0 Å². The Kier molecular flexibility index (Phi) is 6.31. The van der Waals surface area contributed by atoms with Crippen molar-refractivity contribution in [2.75, 3.05) is 6.61 Å². The van der Waals surface area contributed by atoms with E-state index in [2.05, 4.69) is 25.2 Å². The highest BCUT2D eigenvalue weighted by Crippen LogP contribution is 2.27. The summed E-state index contributed by atoms with van der Waals surface area (Å²) in [5.41, 5.74) is 2.34. The third-order valence-corrected chi connectivity index (χ3v) is 3.94. The molecule has 0 radical (unpaired) electrons. The maximum Gasteiger partial charge on any atom is 0.258 e. The first-order chi connectivity index (χ1) is 11.0. The average Bonchev–Trinajstić information content (AvgIpc) is 2.52. The summed E-state index contributed by atoms with van der Waals surface area (Å²) < 4.78 is 5.42. The van der Waals surface area contributed by atoms with Crippen molar-refractivity contribution in [2.45, 2.75) is 26.3 Å². The van der Waals surface area contributed by atoms with Gasteiger partial charge in [0, 0.05) is 11.6 Å². The summed E-state index contributed by atoms with van der Waals surface area (Å²) >= 11 is 11.8. The molecule has 0 saturated heterocycles. The van der Waals surface area contributed by atoms with Gasteiger partial charge in [-0.1, -0.05) is 61.3 Å². The molecule has 1 N–H and O–H groups in total. The summed E-state index contributed by atoms with van der Waals surface area (Å²) in [6.45, 7) is 4.65. The van der Waals surface area contributed by atoms with E-state index in [1.165, 1.54) is 5.56 Å². The second kappa shape index (κ2) is 8.23. The molecule has 122 valence electrons. The summed E-state index contributed by atoms with van der Waals surface area (Å²) in [6.07, 6.45) is 0. The van der Waals surface area contributed by atoms with E-state index in [0.29, 0.717) is 28.3 Å². The fourth-order valence-electron chi connectivity index (χ4n) is 2.24. The third kappa shape index (κ3) is 5.15. The smallest absolute Gasteiger partial charge is 0.258 e. The monoisotopic (exact) mass is 351 g/mol. The first-order valence-corrected chi connectivity index (χ1v) is 8.15. The first-order valence-electron chi connectivity index (χ1n) is 7.39. The van der Waals surface area contributed by atoms with Crippen LogP contribution >= 0.6 is 23.2 Å². The molecular weight excluding hydrogens is 333 g/mol. The molecule has 2 rings (SSSR count). The van der Waals surface area contributed by atoms with Crippen molar-refractivity contribution >= 4 is 29.1 Å². The second-order valence-electron chi connectivity index (χ2n) is 5.49. The molecule has 0 aliphatic heterocycles. The van der Waals surface area contributed by atoms with E-state index in [-0.39, 0.29) is 12.5 Å². The molecule has 0 fully saturated rings. The summed E-state index contributed by atoms with van der Waals surface area (Å²) in [7, 11) is 0. The van der Waals surface area contributed by atoms with Gasteiger partial charge < -0.3 is 10.1 Å². The molecule has 0 bridgehead atoms. The van der Waals surface area contributed by atoms with Gasteiger partial charge in [-0.2, -0.15) is 0 Å². The molecule has 0 saturated carbocycles. The van der Waals surface area contributed by atoms with Gasteiger partial charge in [-0.15, -0.1) is 0 Å². The molecule has 0 heterocycles. The Labute approximate surface area is 146 Å². The van der Waals surface area contributed by atoms with Crippen molar-refractivity contribution < 1.29 is 9.53 Å². The lowest BCUT2D eigenvalue weighted by Gasteiger charge is -2.13. The maximum absolute atomic E-state index is 11.9. The number of halogens is 2. The molecule has 3 nitrogen and oxygen atoms in total. The van der Waals surface area contributed by atoms with Gasteiger partial charge in [0.1, 0.15) is 5.75 Å². The topological polar surface area (TPSA) is 38.3 Å². The Balaban J connectivity index is 1.88. The van der Waals surface area contributed by atoms with E-state index in [0.717, 1.165) is 5.56 Å². The van der Waals surface area contributed by atoms with Crippen LogP contribution in [-0.4, -0.2) is 12.5 Å². The van der Waals surface area contributed by atoms with Crippen LogP contribution < -0.4 is 10.1 Å². The first kappa shape index (κ1) is 17.6.